The van der Waals surface area contributed by atoms with Crippen molar-refractivity contribution in [1.82, 2.24) is 5.32 Å². The topological polar surface area (TPSA) is 45.0 Å². The molecule has 1 aliphatic heterocycles. The molecule has 1 heterocycles. The van der Waals surface area contributed by atoms with Gasteiger partial charge in [0.2, 0.25) is 0 Å². The Morgan fingerprint density at radius 2 is 2.40 bits per heavy atom. The van der Waals surface area contributed by atoms with Crippen LogP contribution in [0.4, 0.5) is 0 Å². The Hall–Kier alpha value is -1.05. The number of hydrogen-bond donors (Lipinski definition) is 1. The fourth-order valence-electron chi connectivity index (χ4n) is 1.57. The number of nitrogens with one attached hydrogen (secondary N) is 1. The van der Waals surface area contributed by atoms with Gasteiger partial charge in [-0.05, 0) is 47.1 Å². The Morgan fingerprint density at radius 3 is 3.07 bits per heavy atom. The lowest BCUT2D eigenvalue weighted by Crippen LogP contribution is -2.19. The molecule has 0 radical (unpaired) electrons. The van der Waals surface area contributed by atoms with Gasteiger partial charge >= 0.3 is 0 Å². The van der Waals surface area contributed by atoms with Crippen molar-refractivity contribution in [3.63, 3.8) is 0 Å². The largest absolute Gasteiger partial charge is 0.488 e. The fraction of sp³-hybridized carbons (Fsp3) is 0.364. The summed E-state index contributed by atoms with van der Waals surface area (Å²) in [6, 6.07) is 7.48. The second-order valence-corrected chi connectivity index (χ2v) is 4.34. The third kappa shape index (κ3) is 2.49. The minimum atomic E-state index is 0.218. The number of nitrogens with zero attached hydrogens (tertiary/aromatic N) is 1. The van der Waals surface area contributed by atoms with Gasteiger partial charge in [0.05, 0.1) is 16.1 Å². The zero-order valence-corrected chi connectivity index (χ0v) is 9.75. The molecule has 1 aliphatic rings. The molecule has 0 spiro atoms. The standard InChI is InChI=1S/C11H11BrN2O/c12-10-2-1-8(6-13)5-11(10)15-9-3-4-14-7-9/h1-2,5,9,14H,3-4,7H2. The number of rotatable bonds is 2. The van der Waals surface area contributed by atoms with Crippen LogP contribution in [-0.2, 0) is 0 Å². The summed E-state index contributed by atoms with van der Waals surface area (Å²) >= 11 is 3.41. The second kappa shape index (κ2) is 4.65. The van der Waals surface area contributed by atoms with Gasteiger partial charge in [0.1, 0.15) is 11.9 Å². The van der Waals surface area contributed by atoms with Crippen molar-refractivity contribution in [3.8, 4) is 11.8 Å². The van der Waals surface area contributed by atoms with Crippen LogP contribution < -0.4 is 10.1 Å². The molecular formula is C11H11BrN2O. The second-order valence-electron chi connectivity index (χ2n) is 3.49. The molecule has 1 aromatic rings. The Balaban J connectivity index is 2.15. The third-order valence-electron chi connectivity index (χ3n) is 2.37. The van der Waals surface area contributed by atoms with Crippen molar-refractivity contribution < 1.29 is 4.74 Å². The normalized spacial score (nSPS) is 19.9. The molecule has 78 valence electrons. The first-order chi connectivity index (χ1) is 7.29. The molecule has 1 fully saturated rings. The summed E-state index contributed by atoms with van der Waals surface area (Å²) in [5, 5.41) is 12.0. The molecular weight excluding hydrogens is 256 g/mol. The maximum atomic E-state index is 8.78. The van der Waals surface area contributed by atoms with Crippen LogP contribution in [0.1, 0.15) is 12.0 Å². The zero-order valence-electron chi connectivity index (χ0n) is 8.16. The quantitative estimate of drug-likeness (QED) is 0.892. The monoisotopic (exact) mass is 266 g/mol. The summed E-state index contributed by atoms with van der Waals surface area (Å²) in [7, 11) is 0. The number of benzene rings is 1. The Labute approximate surface area is 97.2 Å². The van der Waals surface area contributed by atoms with Crippen molar-refractivity contribution in [2.45, 2.75) is 12.5 Å². The van der Waals surface area contributed by atoms with Gasteiger partial charge in [0, 0.05) is 6.54 Å². The lowest BCUT2D eigenvalue weighted by molar-refractivity contribution is 0.221. The van der Waals surface area contributed by atoms with Crippen LogP contribution in [0.3, 0.4) is 0 Å². The highest BCUT2D eigenvalue weighted by Gasteiger charge is 2.17. The molecule has 1 atom stereocenters. The van der Waals surface area contributed by atoms with Crippen molar-refractivity contribution >= 4 is 15.9 Å². The number of halogens is 1. The molecule has 0 amide bonds. The highest BCUT2D eigenvalue weighted by Crippen LogP contribution is 2.27. The smallest absolute Gasteiger partial charge is 0.135 e. The minimum absolute atomic E-state index is 0.218. The fourth-order valence-corrected chi connectivity index (χ4v) is 1.91. The van der Waals surface area contributed by atoms with Gasteiger partial charge < -0.3 is 10.1 Å². The molecule has 1 aromatic carbocycles. The summed E-state index contributed by atoms with van der Waals surface area (Å²) in [5.74, 6) is 0.753. The third-order valence-corrected chi connectivity index (χ3v) is 3.02. The van der Waals surface area contributed by atoms with Gasteiger partial charge in [-0.15, -0.1) is 0 Å². The first kappa shape index (κ1) is 10.5. The maximum Gasteiger partial charge on any atom is 0.135 e. The molecule has 3 nitrogen and oxygen atoms in total. The van der Waals surface area contributed by atoms with Crippen LogP contribution in [0, 0.1) is 11.3 Å². The highest BCUT2D eigenvalue weighted by atomic mass is 79.9. The molecule has 1 unspecified atom stereocenters. The number of hydrogen-bond acceptors (Lipinski definition) is 3. The maximum absolute atomic E-state index is 8.78. The van der Waals surface area contributed by atoms with E-state index in [0.29, 0.717) is 5.56 Å². The predicted molar refractivity (Wildman–Crippen MR) is 60.8 cm³/mol. The minimum Gasteiger partial charge on any atom is -0.488 e. The van der Waals surface area contributed by atoms with E-state index in [0.717, 1.165) is 29.7 Å². The van der Waals surface area contributed by atoms with Crippen LogP contribution in [0.15, 0.2) is 22.7 Å². The van der Waals surface area contributed by atoms with Gasteiger partial charge in [-0.2, -0.15) is 5.26 Å². The first-order valence-electron chi connectivity index (χ1n) is 4.86. The van der Waals surface area contributed by atoms with Crippen LogP contribution >= 0.6 is 15.9 Å². The van der Waals surface area contributed by atoms with Gasteiger partial charge in [-0.25, -0.2) is 0 Å². The predicted octanol–water partition coefficient (Wildman–Crippen LogP) is 2.06. The van der Waals surface area contributed by atoms with E-state index in [1.807, 2.05) is 6.07 Å². The molecule has 1 N–H and O–H groups in total. The van der Waals surface area contributed by atoms with Crippen LogP contribution in [0.5, 0.6) is 5.75 Å². The molecule has 2 rings (SSSR count). The number of ether oxygens (including phenoxy) is 1. The van der Waals surface area contributed by atoms with E-state index in [9.17, 15) is 0 Å². The Kier molecular flexibility index (Phi) is 3.24. The molecule has 15 heavy (non-hydrogen) atoms. The van der Waals surface area contributed by atoms with E-state index in [4.69, 9.17) is 10.00 Å². The zero-order chi connectivity index (χ0) is 10.7. The van der Waals surface area contributed by atoms with Gasteiger partial charge in [0.25, 0.3) is 0 Å². The molecule has 4 heteroatoms. The van der Waals surface area contributed by atoms with E-state index in [2.05, 4.69) is 27.3 Å². The van der Waals surface area contributed by atoms with E-state index in [1.54, 1.807) is 12.1 Å². The average Bonchev–Trinajstić information content (AvgIpc) is 2.74. The van der Waals surface area contributed by atoms with E-state index < -0.39 is 0 Å². The van der Waals surface area contributed by atoms with Gasteiger partial charge in [0.15, 0.2) is 0 Å². The van der Waals surface area contributed by atoms with E-state index in [-0.39, 0.29) is 6.10 Å². The SMILES string of the molecule is N#Cc1ccc(Br)c(OC2CCNC2)c1. The van der Waals surface area contributed by atoms with Gasteiger partial charge in [-0.1, -0.05) is 0 Å². The summed E-state index contributed by atoms with van der Waals surface area (Å²) in [6.45, 7) is 1.88. The summed E-state index contributed by atoms with van der Waals surface area (Å²) in [5.41, 5.74) is 0.624. The van der Waals surface area contributed by atoms with Crippen molar-refractivity contribution in [3.05, 3.63) is 28.2 Å². The first-order valence-corrected chi connectivity index (χ1v) is 5.66. The molecule has 1 saturated heterocycles. The summed E-state index contributed by atoms with van der Waals surface area (Å²) in [4.78, 5) is 0. The lowest BCUT2D eigenvalue weighted by Gasteiger charge is -2.13. The summed E-state index contributed by atoms with van der Waals surface area (Å²) in [6.07, 6.45) is 1.23. The van der Waals surface area contributed by atoms with E-state index in [1.165, 1.54) is 0 Å². The molecule has 0 aromatic heterocycles. The Bertz CT molecular complexity index is 394. The van der Waals surface area contributed by atoms with Crippen molar-refractivity contribution in [2.75, 3.05) is 13.1 Å². The highest BCUT2D eigenvalue weighted by molar-refractivity contribution is 9.10. The lowest BCUT2D eigenvalue weighted by atomic mass is 10.2. The Morgan fingerprint density at radius 1 is 1.53 bits per heavy atom. The van der Waals surface area contributed by atoms with Crippen LogP contribution in [-0.4, -0.2) is 19.2 Å². The number of nitriles is 1. The molecule has 0 saturated carbocycles. The van der Waals surface area contributed by atoms with Crippen molar-refractivity contribution in [1.29, 1.82) is 5.26 Å². The molecule has 0 aliphatic carbocycles. The summed E-state index contributed by atoms with van der Waals surface area (Å²) < 4.78 is 6.68. The average molecular weight is 267 g/mol. The molecule has 0 bridgehead atoms. The van der Waals surface area contributed by atoms with Crippen LogP contribution in [0.25, 0.3) is 0 Å². The van der Waals surface area contributed by atoms with Gasteiger partial charge in [-0.3, -0.25) is 0 Å². The van der Waals surface area contributed by atoms with Crippen molar-refractivity contribution in [2.24, 2.45) is 0 Å². The van der Waals surface area contributed by atoms with Crippen LogP contribution in [0.2, 0.25) is 0 Å². The van der Waals surface area contributed by atoms with E-state index >= 15 is 0 Å².